The van der Waals surface area contributed by atoms with Gasteiger partial charge in [-0.2, -0.15) is 0 Å². The Bertz CT molecular complexity index is 650. The molecule has 1 heterocycles. The first kappa shape index (κ1) is 17.9. The Balaban J connectivity index is 2.01. The summed E-state index contributed by atoms with van der Waals surface area (Å²) in [5.41, 5.74) is 0.531. The summed E-state index contributed by atoms with van der Waals surface area (Å²) in [5.74, 6) is -0.144. The fraction of sp³-hybridized carbons (Fsp3) is 0.533. The molecule has 7 nitrogen and oxygen atoms in total. The van der Waals surface area contributed by atoms with Gasteiger partial charge in [-0.15, -0.1) is 0 Å². The number of nitrogens with two attached hydrogens (primary N) is 1. The highest BCUT2D eigenvalue weighted by atomic mass is 32.2. The molecule has 0 aromatic heterocycles. The van der Waals surface area contributed by atoms with Crippen molar-refractivity contribution in [2.75, 3.05) is 18.4 Å². The molecule has 1 saturated heterocycles. The monoisotopic (exact) mass is 341 g/mol. The van der Waals surface area contributed by atoms with E-state index < -0.39 is 10.0 Å². The van der Waals surface area contributed by atoms with Gasteiger partial charge in [0.2, 0.25) is 15.9 Å². The number of carbonyl (C=O) groups is 1. The molecule has 0 saturated carbocycles. The van der Waals surface area contributed by atoms with Crippen LogP contribution in [0.4, 0.5) is 5.69 Å². The van der Waals surface area contributed by atoms with Crippen LogP contribution in [0, 0.1) is 0 Å². The minimum atomic E-state index is -3.73. The van der Waals surface area contributed by atoms with E-state index in [2.05, 4.69) is 10.2 Å². The van der Waals surface area contributed by atoms with Crippen LogP contribution in [0.25, 0.3) is 0 Å². The summed E-state index contributed by atoms with van der Waals surface area (Å²) >= 11 is 0. The first-order chi connectivity index (χ1) is 10.7. The van der Waals surface area contributed by atoms with Gasteiger partial charge in [-0.3, -0.25) is 9.69 Å². The van der Waals surface area contributed by atoms with Crippen LogP contribution in [0.3, 0.4) is 0 Å². The van der Waals surface area contributed by atoms with Crippen LogP contribution >= 0.6 is 0 Å². The molecule has 1 aromatic carbocycles. The number of nitrogens with zero attached hydrogens (tertiary/aromatic N) is 1. The maximum absolute atomic E-state index is 12.4. The number of hydrogen-bond donors (Lipinski definition) is 2. The third kappa shape index (κ3) is 4.74. The second kappa shape index (κ2) is 6.96. The van der Waals surface area contributed by atoms with Crippen LogP contribution in [-0.4, -0.2) is 50.6 Å². The first-order valence-corrected chi connectivity index (χ1v) is 9.04. The number of morpholine rings is 1. The van der Waals surface area contributed by atoms with Crippen molar-refractivity contribution in [3.8, 4) is 0 Å². The van der Waals surface area contributed by atoms with Crippen molar-refractivity contribution in [3.05, 3.63) is 24.3 Å². The van der Waals surface area contributed by atoms with Crippen molar-refractivity contribution in [1.29, 1.82) is 0 Å². The molecule has 0 unspecified atom stereocenters. The summed E-state index contributed by atoms with van der Waals surface area (Å²) in [6.45, 7) is 7.21. The van der Waals surface area contributed by atoms with Gasteiger partial charge < -0.3 is 10.1 Å². The van der Waals surface area contributed by atoms with Crippen LogP contribution in [0.5, 0.6) is 0 Å². The third-order valence-electron chi connectivity index (χ3n) is 3.83. The summed E-state index contributed by atoms with van der Waals surface area (Å²) < 4.78 is 28.1. The molecule has 0 aliphatic carbocycles. The van der Waals surface area contributed by atoms with Gasteiger partial charge in [0, 0.05) is 18.8 Å². The molecular formula is C15H23N3O4S. The van der Waals surface area contributed by atoms with E-state index in [0.29, 0.717) is 18.8 Å². The molecule has 3 atom stereocenters. The summed E-state index contributed by atoms with van der Waals surface area (Å²) in [7, 11) is -3.73. The third-order valence-corrected chi connectivity index (χ3v) is 4.75. The van der Waals surface area contributed by atoms with Crippen molar-refractivity contribution < 1.29 is 17.9 Å². The highest BCUT2D eigenvalue weighted by molar-refractivity contribution is 7.89. The van der Waals surface area contributed by atoms with E-state index in [9.17, 15) is 13.2 Å². The Kier molecular flexibility index (Phi) is 5.41. The summed E-state index contributed by atoms with van der Waals surface area (Å²) in [6.07, 6.45) is 0.172. The molecule has 0 spiro atoms. The van der Waals surface area contributed by atoms with E-state index in [1.165, 1.54) is 24.3 Å². The topological polar surface area (TPSA) is 102 Å². The predicted octanol–water partition coefficient (Wildman–Crippen LogP) is 0.770. The number of amides is 1. The Morgan fingerprint density at radius 2 is 1.78 bits per heavy atom. The standard InChI is InChI=1S/C15H23N3O4S/c1-10-8-18(9-11(2)22-10)12(3)15(19)17-13-4-6-14(7-5-13)23(16,20)21/h4-7,10-12H,8-9H2,1-3H3,(H,17,19)(H2,16,20,21)/t10-,11-,12+/m0/s1. The van der Waals surface area contributed by atoms with E-state index in [1.54, 1.807) is 0 Å². The molecule has 1 aliphatic heterocycles. The minimum absolute atomic E-state index is 0.0133. The first-order valence-electron chi connectivity index (χ1n) is 7.50. The quantitative estimate of drug-likeness (QED) is 0.842. The average Bonchev–Trinajstić information content (AvgIpc) is 2.45. The zero-order valence-electron chi connectivity index (χ0n) is 13.5. The number of primary sulfonamides is 1. The Hall–Kier alpha value is -1.48. The Labute approximate surface area is 136 Å². The Morgan fingerprint density at radius 1 is 1.26 bits per heavy atom. The fourth-order valence-corrected chi connectivity index (χ4v) is 3.19. The lowest BCUT2D eigenvalue weighted by Crippen LogP contribution is -2.52. The maximum Gasteiger partial charge on any atom is 0.241 e. The molecule has 3 N–H and O–H groups in total. The second-order valence-electron chi connectivity index (χ2n) is 5.95. The number of benzene rings is 1. The van der Waals surface area contributed by atoms with Gasteiger partial charge in [0.05, 0.1) is 23.1 Å². The van der Waals surface area contributed by atoms with E-state index in [-0.39, 0.29) is 29.1 Å². The normalized spacial score (nSPS) is 24.2. The van der Waals surface area contributed by atoms with Gasteiger partial charge >= 0.3 is 0 Å². The molecule has 1 amide bonds. The number of sulfonamides is 1. The van der Waals surface area contributed by atoms with Crippen LogP contribution in [0.1, 0.15) is 20.8 Å². The second-order valence-corrected chi connectivity index (χ2v) is 7.51. The van der Waals surface area contributed by atoms with Gasteiger partial charge in [-0.25, -0.2) is 13.6 Å². The average molecular weight is 341 g/mol. The largest absolute Gasteiger partial charge is 0.373 e. The minimum Gasteiger partial charge on any atom is -0.373 e. The van der Waals surface area contributed by atoms with Crippen LogP contribution in [-0.2, 0) is 19.6 Å². The molecular weight excluding hydrogens is 318 g/mol. The summed E-state index contributed by atoms with van der Waals surface area (Å²) in [6, 6.07) is 5.48. The maximum atomic E-state index is 12.4. The van der Waals surface area contributed by atoms with Crippen LogP contribution < -0.4 is 10.5 Å². The van der Waals surface area contributed by atoms with E-state index in [1.807, 2.05) is 20.8 Å². The van der Waals surface area contributed by atoms with E-state index in [4.69, 9.17) is 9.88 Å². The zero-order chi connectivity index (χ0) is 17.2. The highest BCUT2D eigenvalue weighted by Gasteiger charge is 2.29. The molecule has 8 heteroatoms. The molecule has 1 aliphatic rings. The van der Waals surface area contributed by atoms with Gasteiger partial charge in [-0.1, -0.05) is 0 Å². The molecule has 0 radical (unpaired) electrons. The van der Waals surface area contributed by atoms with Crippen molar-refractivity contribution in [2.45, 2.75) is 43.9 Å². The van der Waals surface area contributed by atoms with Gasteiger partial charge in [-0.05, 0) is 45.0 Å². The lowest BCUT2D eigenvalue weighted by atomic mass is 10.1. The number of nitrogens with one attached hydrogen (secondary N) is 1. The van der Waals surface area contributed by atoms with Gasteiger partial charge in [0.15, 0.2) is 0 Å². The smallest absolute Gasteiger partial charge is 0.241 e. The molecule has 23 heavy (non-hydrogen) atoms. The zero-order valence-corrected chi connectivity index (χ0v) is 14.3. The van der Waals surface area contributed by atoms with Crippen molar-refractivity contribution in [2.24, 2.45) is 5.14 Å². The molecule has 1 fully saturated rings. The van der Waals surface area contributed by atoms with E-state index >= 15 is 0 Å². The number of hydrogen-bond acceptors (Lipinski definition) is 5. The number of anilines is 1. The molecule has 0 bridgehead atoms. The van der Waals surface area contributed by atoms with Crippen LogP contribution in [0.15, 0.2) is 29.2 Å². The molecule has 2 rings (SSSR count). The summed E-state index contributed by atoms with van der Waals surface area (Å²) in [5, 5.41) is 7.84. The summed E-state index contributed by atoms with van der Waals surface area (Å²) in [4.78, 5) is 14.5. The number of rotatable bonds is 4. The lowest BCUT2D eigenvalue weighted by Gasteiger charge is -2.38. The van der Waals surface area contributed by atoms with E-state index in [0.717, 1.165) is 0 Å². The number of ether oxygens (including phenoxy) is 1. The molecule has 128 valence electrons. The highest BCUT2D eigenvalue weighted by Crippen LogP contribution is 2.16. The number of carbonyl (C=O) groups excluding carboxylic acids is 1. The van der Waals surface area contributed by atoms with Crippen molar-refractivity contribution in [1.82, 2.24) is 4.90 Å². The SMILES string of the molecule is C[C@H](C(=O)Nc1ccc(S(N)(=O)=O)cc1)N1C[C@H](C)O[C@@H](C)C1. The lowest BCUT2D eigenvalue weighted by molar-refractivity contribution is -0.126. The predicted molar refractivity (Wildman–Crippen MR) is 87.5 cm³/mol. The van der Waals surface area contributed by atoms with Crippen molar-refractivity contribution in [3.63, 3.8) is 0 Å². The fourth-order valence-electron chi connectivity index (χ4n) is 2.67. The Morgan fingerprint density at radius 3 is 2.26 bits per heavy atom. The van der Waals surface area contributed by atoms with Crippen LogP contribution in [0.2, 0.25) is 0 Å². The van der Waals surface area contributed by atoms with Gasteiger partial charge in [0.1, 0.15) is 0 Å². The van der Waals surface area contributed by atoms with Gasteiger partial charge in [0.25, 0.3) is 0 Å². The van der Waals surface area contributed by atoms with Crippen molar-refractivity contribution >= 4 is 21.6 Å². The molecule has 1 aromatic rings.